The fraction of sp³-hybridized carbons (Fsp3) is 0. The van der Waals surface area contributed by atoms with Crippen molar-refractivity contribution in [3.63, 3.8) is 0 Å². The van der Waals surface area contributed by atoms with Gasteiger partial charge in [0, 0.05) is 5.82 Å². The van der Waals surface area contributed by atoms with Crippen molar-refractivity contribution >= 4 is 10.9 Å². The van der Waals surface area contributed by atoms with E-state index in [2.05, 4.69) is 4.98 Å². The van der Waals surface area contributed by atoms with E-state index < -0.39 is 0 Å². The van der Waals surface area contributed by atoms with Crippen LogP contribution in [0.2, 0.25) is 0 Å². The fourth-order valence-electron chi connectivity index (χ4n) is 2.29. The molecule has 3 aromatic carbocycles. The van der Waals surface area contributed by atoms with Gasteiger partial charge >= 0.3 is 21.7 Å². The van der Waals surface area contributed by atoms with Crippen LogP contribution in [0, 0.1) is 11.6 Å². The number of fused-ring (bicyclic) bond motifs is 1. The molecule has 22 heavy (non-hydrogen) atoms. The first-order valence-corrected chi connectivity index (χ1v) is 6.60. The molecule has 0 radical (unpaired) electrons. The summed E-state index contributed by atoms with van der Waals surface area (Å²) in [6, 6.07) is 19.2. The molecule has 0 atom stereocenters. The van der Waals surface area contributed by atoms with Crippen LogP contribution < -0.4 is 4.98 Å². The molecule has 4 rings (SSSR count). The third-order valence-electron chi connectivity index (χ3n) is 3.24. The Morgan fingerprint density at radius 2 is 1.86 bits per heavy atom. The van der Waals surface area contributed by atoms with E-state index in [-0.39, 0.29) is 33.4 Å². The predicted octanol–water partition coefficient (Wildman–Crippen LogP) is 4.44. The number of aromatic amines is 1. The maximum absolute atomic E-state index is 13.5. The molecule has 0 aliphatic heterocycles. The van der Waals surface area contributed by atoms with Crippen molar-refractivity contribution in [2.45, 2.75) is 0 Å². The molecule has 0 spiro atoms. The minimum atomic E-state index is -0.370. The molecule has 0 aliphatic rings. The van der Waals surface area contributed by atoms with Crippen molar-refractivity contribution in [2.75, 3.05) is 0 Å². The molecule has 1 nitrogen and oxygen atoms in total. The molecule has 0 bridgehead atoms. The van der Waals surface area contributed by atoms with Gasteiger partial charge in [-0.2, -0.15) is 30.3 Å². The van der Waals surface area contributed by atoms with Crippen molar-refractivity contribution in [1.29, 1.82) is 0 Å². The van der Waals surface area contributed by atoms with Crippen LogP contribution in [-0.4, -0.2) is 0 Å². The summed E-state index contributed by atoms with van der Waals surface area (Å²) in [5.41, 5.74) is 1.69. The molecular weight excluding hydrogens is 316 g/mol. The quantitative estimate of drug-likeness (QED) is 0.362. The van der Waals surface area contributed by atoms with Crippen LogP contribution in [0.1, 0.15) is 0 Å². The van der Waals surface area contributed by atoms with E-state index in [1.54, 1.807) is 18.3 Å². The second kappa shape index (κ2) is 7.34. The van der Waals surface area contributed by atoms with Crippen molar-refractivity contribution in [3.8, 4) is 11.1 Å². The number of rotatable bonds is 1. The van der Waals surface area contributed by atoms with Crippen LogP contribution in [0.15, 0.2) is 72.9 Å². The predicted molar refractivity (Wildman–Crippen MR) is 79.1 cm³/mol. The average Bonchev–Trinajstić information content (AvgIpc) is 3.21. The number of nitrogens with one attached hydrogen (secondary N) is 1. The number of halogens is 2. The molecule has 108 valence electrons. The van der Waals surface area contributed by atoms with E-state index in [0.29, 0.717) is 16.6 Å². The van der Waals surface area contributed by atoms with Crippen molar-refractivity contribution in [2.24, 2.45) is 0 Å². The fourth-order valence-corrected chi connectivity index (χ4v) is 2.29. The van der Waals surface area contributed by atoms with E-state index in [1.165, 1.54) is 18.2 Å². The second-order valence-electron chi connectivity index (χ2n) is 4.64. The minimum Gasteiger partial charge on any atom is -0.282 e. The number of aromatic nitrogens is 1. The number of hydrogen-bond donors (Lipinski definition) is 0. The molecule has 0 fully saturated rings. The van der Waals surface area contributed by atoms with E-state index in [4.69, 9.17) is 0 Å². The van der Waals surface area contributed by atoms with Crippen molar-refractivity contribution in [1.82, 2.24) is 0 Å². The molecule has 4 heteroatoms. The Bertz CT molecular complexity index is 811. The minimum absolute atomic E-state index is 0. The summed E-state index contributed by atoms with van der Waals surface area (Å²) < 4.78 is 26.8. The second-order valence-corrected chi connectivity index (χ2v) is 4.64. The maximum Gasteiger partial charge on any atom is 2.00 e. The summed E-state index contributed by atoms with van der Waals surface area (Å²) in [6.45, 7) is 0. The standard InChI is InChI=1S/C13H8F2N.C5H5.Ti/c14-8-6-11(9-2-1-3-12(9)15)10-4-5-16-13(10)7-8;1-2-4-5-3-1;/h1-7,16H;1-5H;/q2*-1;+2. The van der Waals surface area contributed by atoms with Crippen LogP contribution in [-0.2, 0) is 21.7 Å². The number of hydrogen-bond acceptors (Lipinski definition) is 0. The van der Waals surface area contributed by atoms with E-state index >= 15 is 0 Å². The molecule has 0 aliphatic carbocycles. The average molecular weight is 329 g/mol. The van der Waals surface area contributed by atoms with Crippen molar-refractivity contribution in [3.05, 3.63) is 84.6 Å². The van der Waals surface area contributed by atoms with Crippen LogP contribution in [0.4, 0.5) is 8.78 Å². The molecule has 4 aromatic rings. The molecule has 0 unspecified atom stereocenters. The van der Waals surface area contributed by atoms with Gasteiger partial charge in [-0.1, -0.05) is 17.7 Å². The van der Waals surface area contributed by atoms with Crippen molar-refractivity contribution < 1.29 is 35.5 Å². The van der Waals surface area contributed by atoms with Crippen LogP contribution in [0.5, 0.6) is 0 Å². The van der Waals surface area contributed by atoms with Gasteiger partial charge in [0.25, 0.3) is 0 Å². The Hall–Kier alpha value is -1.97. The van der Waals surface area contributed by atoms with Crippen LogP contribution in [0.25, 0.3) is 22.0 Å². The summed E-state index contributed by atoms with van der Waals surface area (Å²) in [7, 11) is 0. The Labute approximate surface area is 142 Å². The number of H-pyrrole nitrogens is 1. The van der Waals surface area contributed by atoms with E-state index in [9.17, 15) is 8.78 Å². The number of benzene rings is 1. The van der Waals surface area contributed by atoms with Gasteiger partial charge in [0.15, 0.2) is 0 Å². The Kier molecular flexibility index (Phi) is 5.48. The van der Waals surface area contributed by atoms with Gasteiger partial charge in [0.1, 0.15) is 5.52 Å². The van der Waals surface area contributed by atoms with E-state index in [1.807, 2.05) is 36.4 Å². The first-order chi connectivity index (χ1) is 10.3. The Balaban J connectivity index is 0.000000253. The van der Waals surface area contributed by atoms with Crippen LogP contribution >= 0.6 is 0 Å². The molecule has 1 N–H and O–H groups in total. The molecule has 0 saturated heterocycles. The molecule has 0 amide bonds. The van der Waals surface area contributed by atoms with Gasteiger partial charge in [-0.3, -0.25) is 13.8 Å². The monoisotopic (exact) mass is 329 g/mol. The third kappa shape index (κ3) is 3.43. The zero-order chi connectivity index (χ0) is 14.7. The summed E-state index contributed by atoms with van der Waals surface area (Å²) >= 11 is 0. The molecular formula is C18H13F2NTi. The summed E-state index contributed by atoms with van der Waals surface area (Å²) in [5, 5.41) is 0.825. The SMILES string of the molecule is Fc1cc(-c2ccc[c-]2F)c2cc[nH+][c-]2c1.[Ti+2].c1cc[cH-]c1. The topological polar surface area (TPSA) is 14.1 Å². The summed E-state index contributed by atoms with van der Waals surface area (Å²) in [4.78, 5) is 2.92. The largest absolute Gasteiger partial charge is 2.00 e. The molecule has 1 heterocycles. The smallest absolute Gasteiger partial charge is 0.282 e. The Morgan fingerprint density at radius 1 is 1.09 bits per heavy atom. The van der Waals surface area contributed by atoms with Gasteiger partial charge < -0.3 is 0 Å². The zero-order valence-corrected chi connectivity index (χ0v) is 13.2. The normalized spacial score (nSPS) is 9.91. The zero-order valence-electron chi connectivity index (χ0n) is 11.7. The van der Waals surface area contributed by atoms with Gasteiger partial charge in [-0.25, -0.2) is 12.1 Å². The molecule has 0 saturated carbocycles. The van der Waals surface area contributed by atoms with Crippen LogP contribution in [0.3, 0.4) is 0 Å². The first kappa shape index (κ1) is 16.4. The third-order valence-corrected chi connectivity index (χ3v) is 3.24. The summed E-state index contributed by atoms with van der Waals surface area (Å²) in [6.07, 6.45) is 1.72. The Morgan fingerprint density at radius 3 is 2.45 bits per heavy atom. The molecule has 1 aromatic heterocycles. The van der Waals surface area contributed by atoms with Gasteiger partial charge in [0.2, 0.25) is 0 Å². The maximum atomic E-state index is 13.5. The van der Waals surface area contributed by atoms with Gasteiger partial charge in [-0.05, 0) is 11.5 Å². The van der Waals surface area contributed by atoms with Gasteiger partial charge in [0.05, 0.1) is 12.0 Å². The van der Waals surface area contributed by atoms with Gasteiger partial charge in [-0.15, -0.1) is 11.6 Å². The first-order valence-electron chi connectivity index (χ1n) is 6.60. The summed E-state index contributed by atoms with van der Waals surface area (Å²) in [5.74, 6) is -0.696. The van der Waals surface area contributed by atoms with E-state index in [0.717, 1.165) is 5.39 Å².